The van der Waals surface area contributed by atoms with Crippen LogP contribution in [0.3, 0.4) is 0 Å². The number of benzene rings is 1. The Morgan fingerprint density at radius 2 is 1.90 bits per heavy atom. The Bertz CT molecular complexity index is 400. The lowest BCUT2D eigenvalue weighted by Crippen LogP contribution is -2.24. The summed E-state index contributed by atoms with van der Waals surface area (Å²) in [5.74, 6) is 0.657. The van der Waals surface area contributed by atoms with Crippen LogP contribution in [0.1, 0.15) is 38.7 Å². The summed E-state index contributed by atoms with van der Waals surface area (Å²) in [5.41, 5.74) is 1.25. The predicted molar refractivity (Wildman–Crippen MR) is 82.2 cm³/mol. The fourth-order valence-corrected chi connectivity index (χ4v) is 2.43. The van der Waals surface area contributed by atoms with Crippen LogP contribution < -0.4 is 0 Å². The second-order valence-electron chi connectivity index (χ2n) is 5.37. The molecule has 20 heavy (non-hydrogen) atoms. The topological polar surface area (TPSA) is 60.8 Å². The van der Waals surface area contributed by atoms with E-state index in [1.807, 2.05) is 12.1 Å². The third-order valence-electron chi connectivity index (χ3n) is 3.08. The van der Waals surface area contributed by atoms with Gasteiger partial charge in [0.1, 0.15) is 5.75 Å². The molecule has 4 nitrogen and oxygen atoms in total. The molecule has 0 fully saturated rings. The molecule has 1 rings (SSSR count). The summed E-state index contributed by atoms with van der Waals surface area (Å²) in [4.78, 5) is 11.2. The Morgan fingerprint density at radius 1 is 1.35 bits per heavy atom. The van der Waals surface area contributed by atoms with Gasteiger partial charge in [-0.25, -0.2) is 0 Å². The molecule has 0 amide bonds. The van der Waals surface area contributed by atoms with Crippen LogP contribution in [0.4, 0.5) is 0 Å². The van der Waals surface area contributed by atoms with Gasteiger partial charge in [0, 0.05) is 13.5 Å². The van der Waals surface area contributed by atoms with Gasteiger partial charge in [0.2, 0.25) is 0 Å². The molecule has 0 aliphatic carbocycles. The molecule has 0 unspecified atom stereocenters. The van der Waals surface area contributed by atoms with Gasteiger partial charge in [-0.15, -0.1) is 0 Å². The third kappa shape index (κ3) is 7.79. The Morgan fingerprint density at radius 3 is 2.30 bits per heavy atom. The Kier molecular flexibility index (Phi) is 8.64. The minimum atomic E-state index is -0.833. The molecule has 0 bridgehead atoms. The van der Waals surface area contributed by atoms with Crippen LogP contribution in [-0.2, 0) is 4.79 Å². The molecule has 1 aromatic carbocycles. The van der Waals surface area contributed by atoms with Crippen LogP contribution in [0.25, 0.3) is 0 Å². The largest absolute Gasteiger partial charge is 0.508 e. The first-order valence-electron chi connectivity index (χ1n) is 6.91. The lowest BCUT2D eigenvalue weighted by Gasteiger charge is -2.26. The zero-order valence-electron chi connectivity index (χ0n) is 13.1. The van der Waals surface area contributed by atoms with E-state index in [2.05, 4.69) is 38.9 Å². The van der Waals surface area contributed by atoms with Gasteiger partial charge < -0.3 is 15.1 Å². The van der Waals surface area contributed by atoms with Crippen LogP contribution in [0, 0.1) is 5.92 Å². The molecule has 0 radical (unpaired) electrons. The minimum Gasteiger partial charge on any atom is -0.508 e. The summed E-state index contributed by atoms with van der Waals surface area (Å²) in [5, 5.41) is 16.9. The standard InChI is InChI=1S/C14H23NO.C2H4O2/c1-5-14(11(2)10-15(3)4)12-7-6-8-13(16)9-12;1-2(3)4/h6-9,11,14,16H,5,10H2,1-4H3;1H3,(H,3,4)/t11-,14+;/m0./s1. The highest BCUT2D eigenvalue weighted by molar-refractivity contribution is 5.62. The summed E-state index contributed by atoms with van der Waals surface area (Å²) in [6, 6.07) is 7.66. The van der Waals surface area contributed by atoms with Crippen molar-refractivity contribution >= 4 is 5.97 Å². The van der Waals surface area contributed by atoms with Crippen molar-refractivity contribution in [1.82, 2.24) is 4.90 Å². The number of rotatable bonds is 5. The van der Waals surface area contributed by atoms with E-state index in [0.717, 1.165) is 19.9 Å². The maximum Gasteiger partial charge on any atom is 0.300 e. The van der Waals surface area contributed by atoms with Crippen LogP contribution in [0.15, 0.2) is 24.3 Å². The van der Waals surface area contributed by atoms with Gasteiger partial charge in [-0.3, -0.25) is 4.79 Å². The van der Waals surface area contributed by atoms with Crippen molar-refractivity contribution in [3.8, 4) is 5.75 Å². The summed E-state index contributed by atoms with van der Waals surface area (Å²) >= 11 is 0. The summed E-state index contributed by atoms with van der Waals surface area (Å²) < 4.78 is 0. The van der Waals surface area contributed by atoms with E-state index < -0.39 is 5.97 Å². The van der Waals surface area contributed by atoms with Gasteiger partial charge >= 0.3 is 0 Å². The number of phenolic OH excluding ortho intramolecular Hbond substituents is 1. The van der Waals surface area contributed by atoms with E-state index >= 15 is 0 Å². The predicted octanol–water partition coefficient (Wildman–Crippen LogP) is 3.17. The molecule has 0 aliphatic heterocycles. The highest BCUT2D eigenvalue weighted by atomic mass is 16.4. The molecule has 0 saturated carbocycles. The molecule has 0 aliphatic rings. The zero-order chi connectivity index (χ0) is 15.7. The number of hydrogen-bond acceptors (Lipinski definition) is 3. The average Bonchev–Trinajstić information content (AvgIpc) is 2.28. The van der Waals surface area contributed by atoms with E-state index in [1.54, 1.807) is 6.07 Å². The van der Waals surface area contributed by atoms with Crippen LogP contribution in [0.2, 0.25) is 0 Å². The van der Waals surface area contributed by atoms with Gasteiger partial charge in [-0.05, 0) is 50.0 Å². The summed E-state index contributed by atoms with van der Waals surface area (Å²) in [6.45, 7) is 6.65. The molecule has 4 heteroatoms. The number of aliphatic carboxylic acids is 1. The molecule has 114 valence electrons. The van der Waals surface area contributed by atoms with Gasteiger partial charge in [0.05, 0.1) is 0 Å². The number of nitrogens with zero attached hydrogens (tertiary/aromatic N) is 1. The number of aromatic hydroxyl groups is 1. The highest BCUT2D eigenvalue weighted by Crippen LogP contribution is 2.30. The first kappa shape index (κ1) is 18.4. The number of phenols is 1. The monoisotopic (exact) mass is 281 g/mol. The summed E-state index contributed by atoms with van der Waals surface area (Å²) in [6.07, 6.45) is 1.11. The van der Waals surface area contributed by atoms with Gasteiger partial charge in [-0.1, -0.05) is 26.0 Å². The maximum atomic E-state index is 9.51. The van der Waals surface area contributed by atoms with Crippen molar-refractivity contribution in [3.05, 3.63) is 29.8 Å². The SMILES string of the molecule is CC(=O)O.CC[C@@H](c1cccc(O)c1)[C@@H](C)CN(C)C. The van der Waals surface area contributed by atoms with Crippen LogP contribution in [-0.4, -0.2) is 41.7 Å². The second kappa shape index (κ2) is 9.37. The normalized spacial score (nSPS) is 13.3. The van der Waals surface area contributed by atoms with Crippen molar-refractivity contribution < 1.29 is 15.0 Å². The van der Waals surface area contributed by atoms with E-state index in [9.17, 15) is 5.11 Å². The van der Waals surface area contributed by atoms with E-state index in [-0.39, 0.29) is 0 Å². The Balaban J connectivity index is 0.000000796. The molecular weight excluding hydrogens is 254 g/mol. The van der Waals surface area contributed by atoms with E-state index in [1.165, 1.54) is 5.56 Å². The van der Waals surface area contributed by atoms with Crippen molar-refractivity contribution in [3.63, 3.8) is 0 Å². The third-order valence-corrected chi connectivity index (χ3v) is 3.08. The first-order valence-corrected chi connectivity index (χ1v) is 6.91. The molecule has 0 aromatic heterocycles. The lowest BCUT2D eigenvalue weighted by atomic mass is 9.85. The fraction of sp³-hybridized carbons (Fsp3) is 0.562. The number of carboxylic acid groups (broad SMARTS) is 1. The van der Waals surface area contributed by atoms with Gasteiger partial charge in [-0.2, -0.15) is 0 Å². The molecule has 0 spiro atoms. The van der Waals surface area contributed by atoms with Gasteiger partial charge in [0.15, 0.2) is 0 Å². The van der Waals surface area contributed by atoms with Crippen LogP contribution in [0.5, 0.6) is 5.75 Å². The zero-order valence-corrected chi connectivity index (χ0v) is 13.1. The lowest BCUT2D eigenvalue weighted by molar-refractivity contribution is -0.134. The number of carboxylic acids is 1. The molecular formula is C16H27NO3. The van der Waals surface area contributed by atoms with Gasteiger partial charge in [0.25, 0.3) is 5.97 Å². The minimum absolute atomic E-state index is 0.369. The van der Waals surface area contributed by atoms with E-state index in [4.69, 9.17) is 9.90 Å². The molecule has 0 heterocycles. The van der Waals surface area contributed by atoms with Crippen molar-refractivity contribution in [2.75, 3.05) is 20.6 Å². The van der Waals surface area contributed by atoms with Crippen molar-refractivity contribution in [2.24, 2.45) is 5.92 Å². The highest BCUT2D eigenvalue weighted by Gasteiger charge is 2.18. The van der Waals surface area contributed by atoms with Crippen molar-refractivity contribution in [2.45, 2.75) is 33.1 Å². The molecule has 2 N–H and O–H groups in total. The first-order chi connectivity index (χ1) is 9.27. The molecule has 0 saturated heterocycles. The average molecular weight is 281 g/mol. The maximum absolute atomic E-state index is 9.51. The second-order valence-corrected chi connectivity index (χ2v) is 5.37. The number of hydrogen-bond donors (Lipinski definition) is 2. The van der Waals surface area contributed by atoms with E-state index in [0.29, 0.717) is 17.6 Å². The Labute approximate surface area is 122 Å². The smallest absolute Gasteiger partial charge is 0.300 e. The summed E-state index contributed by atoms with van der Waals surface area (Å²) in [7, 11) is 4.21. The molecule has 2 atom stereocenters. The Hall–Kier alpha value is -1.55. The fourth-order valence-electron chi connectivity index (χ4n) is 2.43. The van der Waals surface area contributed by atoms with Crippen LogP contribution >= 0.6 is 0 Å². The number of carbonyl (C=O) groups is 1. The van der Waals surface area contributed by atoms with Crippen molar-refractivity contribution in [1.29, 1.82) is 0 Å². The molecule has 1 aromatic rings. The quantitative estimate of drug-likeness (QED) is 0.870.